The molecule has 0 N–H and O–H groups in total. The zero-order valence-electron chi connectivity index (χ0n) is 13.7. The van der Waals surface area contributed by atoms with E-state index in [-0.39, 0.29) is 17.1 Å². The van der Waals surface area contributed by atoms with Gasteiger partial charge in [-0.3, -0.25) is 14.4 Å². The van der Waals surface area contributed by atoms with E-state index in [0.29, 0.717) is 5.69 Å². The molecule has 0 bridgehead atoms. The molecule has 0 aliphatic carbocycles. The highest BCUT2D eigenvalue weighted by atomic mass is 32.2. The highest BCUT2D eigenvalue weighted by molar-refractivity contribution is 7.92. The van der Waals surface area contributed by atoms with Gasteiger partial charge in [-0.05, 0) is 29.8 Å². The summed E-state index contributed by atoms with van der Waals surface area (Å²) in [6.07, 6.45) is 0. The summed E-state index contributed by atoms with van der Waals surface area (Å²) in [5.41, 5.74) is 1.20. The molecule has 0 saturated heterocycles. The maximum Gasteiger partial charge on any atom is 0.269 e. The molecule has 0 unspecified atom stereocenters. The van der Waals surface area contributed by atoms with Gasteiger partial charge in [0.1, 0.15) is 0 Å². The molecular formula is C19H16N2O4S. The lowest BCUT2D eigenvalue weighted by molar-refractivity contribution is -0.384. The number of para-hydroxylation sites is 1. The van der Waals surface area contributed by atoms with Crippen molar-refractivity contribution < 1.29 is 13.3 Å². The summed E-state index contributed by atoms with van der Waals surface area (Å²) in [4.78, 5) is 10.2. The lowest BCUT2D eigenvalue weighted by Gasteiger charge is -2.24. The van der Waals surface area contributed by atoms with Gasteiger partial charge in [0, 0.05) is 12.1 Å². The Hall–Kier alpha value is -3.19. The molecule has 0 fully saturated rings. The van der Waals surface area contributed by atoms with E-state index in [1.807, 2.05) is 36.4 Å². The van der Waals surface area contributed by atoms with Crippen molar-refractivity contribution in [3.8, 4) is 0 Å². The van der Waals surface area contributed by atoms with E-state index in [1.165, 1.54) is 28.6 Å². The van der Waals surface area contributed by atoms with Gasteiger partial charge >= 0.3 is 0 Å². The van der Waals surface area contributed by atoms with Gasteiger partial charge in [-0.2, -0.15) is 0 Å². The highest BCUT2D eigenvalue weighted by Crippen LogP contribution is 2.26. The normalized spacial score (nSPS) is 11.1. The molecule has 3 aromatic carbocycles. The monoisotopic (exact) mass is 368 g/mol. The third kappa shape index (κ3) is 3.73. The molecule has 7 heteroatoms. The first-order valence-corrected chi connectivity index (χ1v) is 9.28. The summed E-state index contributed by atoms with van der Waals surface area (Å²) in [6, 6.07) is 22.9. The Labute approximate surface area is 151 Å². The molecule has 0 radical (unpaired) electrons. The predicted molar refractivity (Wildman–Crippen MR) is 99.3 cm³/mol. The Morgan fingerprint density at radius 2 is 1.35 bits per heavy atom. The van der Waals surface area contributed by atoms with Crippen LogP contribution in [0, 0.1) is 10.1 Å². The number of nitrogens with zero attached hydrogens (tertiary/aromatic N) is 2. The van der Waals surface area contributed by atoms with Gasteiger partial charge in [0.05, 0.1) is 22.1 Å². The van der Waals surface area contributed by atoms with Gasteiger partial charge in [-0.1, -0.05) is 48.5 Å². The molecule has 0 heterocycles. The molecule has 3 aromatic rings. The number of nitro benzene ring substituents is 1. The summed E-state index contributed by atoms with van der Waals surface area (Å²) in [6.45, 7) is 0.157. The van der Waals surface area contributed by atoms with Gasteiger partial charge in [0.25, 0.3) is 15.7 Å². The van der Waals surface area contributed by atoms with Crippen molar-refractivity contribution in [2.24, 2.45) is 0 Å². The van der Waals surface area contributed by atoms with E-state index in [4.69, 9.17) is 0 Å². The van der Waals surface area contributed by atoms with Crippen LogP contribution in [-0.2, 0) is 16.6 Å². The molecule has 0 saturated carbocycles. The van der Waals surface area contributed by atoms with E-state index in [1.54, 1.807) is 24.3 Å². The van der Waals surface area contributed by atoms with Crippen molar-refractivity contribution in [2.45, 2.75) is 11.4 Å². The Bertz CT molecular complexity index is 989. The number of non-ortho nitro benzene ring substituents is 1. The Balaban J connectivity index is 2.03. The van der Waals surface area contributed by atoms with Crippen molar-refractivity contribution in [1.29, 1.82) is 0 Å². The van der Waals surface area contributed by atoms with E-state index >= 15 is 0 Å². The first-order valence-electron chi connectivity index (χ1n) is 7.84. The fourth-order valence-corrected chi connectivity index (χ4v) is 3.98. The average molecular weight is 368 g/mol. The zero-order chi connectivity index (χ0) is 18.6. The van der Waals surface area contributed by atoms with Crippen molar-refractivity contribution in [1.82, 2.24) is 0 Å². The van der Waals surface area contributed by atoms with Crippen LogP contribution in [0.2, 0.25) is 0 Å². The second-order valence-electron chi connectivity index (χ2n) is 5.58. The first kappa shape index (κ1) is 17.6. The molecule has 132 valence electrons. The minimum Gasteiger partial charge on any atom is -0.262 e. The summed E-state index contributed by atoms with van der Waals surface area (Å²) in [5.74, 6) is 0. The van der Waals surface area contributed by atoms with E-state index in [9.17, 15) is 18.5 Å². The zero-order valence-corrected chi connectivity index (χ0v) is 14.5. The van der Waals surface area contributed by atoms with Gasteiger partial charge < -0.3 is 0 Å². The lowest BCUT2D eigenvalue weighted by Crippen LogP contribution is -2.30. The molecular weight excluding hydrogens is 352 g/mol. The molecule has 3 rings (SSSR count). The number of hydrogen-bond donors (Lipinski definition) is 0. The molecule has 0 amide bonds. The minimum atomic E-state index is -3.88. The number of rotatable bonds is 6. The maximum atomic E-state index is 13.2. The van der Waals surface area contributed by atoms with Crippen LogP contribution < -0.4 is 4.31 Å². The van der Waals surface area contributed by atoms with E-state index in [2.05, 4.69) is 0 Å². The summed E-state index contributed by atoms with van der Waals surface area (Å²) in [5, 5.41) is 10.8. The summed E-state index contributed by atoms with van der Waals surface area (Å²) in [7, 11) is -3.88. The molecule has 0 aliphatic heterocycles. The fraction of sp³-hybridized carbons (Fsp3) is 0.0526. The van der Waals surface area contributed by atoms with E-state index < -0.39 is 14.9 Å². The van der Waals surface area contributed by atoms with Crippen LogP contribution in [-0.4, -0.2) is 13.3 Å². The van der Waals surface area contributed by atoms with Gasteiger partial charge in [-0.15, -0.1) is 0 Å². The van der Waals surface area contributed by atoms with E-state index in [0.717, 1.165) is 5.56 Å². The van der Waals surface area contributed by atoms with Crippen molar-refractivity contribution >= 4 is 21.4 Å². The molecule has 0 atom stereocenters. The number of nitro groups is 1. The third-order valence-corrected chi connectivity index (χ3v) is 5.64. The van der Waals surface area contributed by atoms with Crippen LogP contribution in [0.3, 0.4) is 0 Å². The van der Waals surface area contributed by atoms with Crippen LogP contribution >= 0.6 is 0 Å². The summed E-state index contributed by atoms with van der Waals surface area (Å²) < 4.78 is 27.6. The SMILES string of the molecule is O=[N+]([O-])c1ccc(S(=O)(=O)N(Cc2ccccc2)c2ccccc2)cc1. The number of benzene rings is 3. The molecule has 0 aliphatic rings. The largest absolute Gasteiger partial charge is 0.269 e. The van der Waals surface area contributed by atoms with Crippen LogP contribution in [0.25, 0.3) is 0 Å². The van der Waals surface area contributed by atoms with Crippen LogP contribution in [0.5, 0.6) is 0 Å². The van der Waals surface area contributed by atoms with Crippen molar-refractivity contribution in [2.75, 3.05) is 4.31 Å². The molecule has 26 heavy (non-hydrogen) atoms. The molecule has 6 nitrogen and oxygen atoms in total. The minimum absolute atomic E-state index is 0.00267. The standard InChI is InChI=1S/C19H16N2O4S/c22-21(23)18-11-13-19(14-12-18)26(24,25)20(17-9-5-2-6-10-17)15-16-7-3-1-4-8-16/h1-14H,15H2. The predicted octanol–water partition coefficient (Wildman–Crippen LogP) is 3.99. The van der Waals surface area contributed by atoms with Crippen LogP contribution in [0.15, 0.2) is 89.8 Å². The lowest BCUT2D eigenvalue weighted by atomic mass is 10.2. The van der Waals surface area contributed by atoms with Crippen LogP contribution in [0.1, 0.15) is 5.56 Å². The number of anilines is 1. The maximum absolute atomic E-state index is 13.2. The Morgan fingerprint density at radius 3 is 1.88 bits per heavy atom. The Morgan fingerprint density at radius 1 is 0.808 bits per heavy atom. The topological polar surface area (TPSA) is 80.5 Å². The molecule has 0 spiro atoms. The number of hydrogen-bond acceptors (Lipinski definition) is 4. The summed E-state index contributed by atoms with van der Waals surface area (Å²) >= 11 is 0. The molecule has 0 aromatic heterocycles. The van der Waals surface area contributed by atoms with Gasteiger partial charge in [-0.25, -0.2) is 8.42 Å². The van der Waals surface area contributed by atoms with Crippen molar-refractivity contribution in [3.63, 3.8) is 0 Å². The van der Waals surface area contributed by atoms with Crippen molar-refractivity contribution in [3.05, 3.63) is 101 Å². The second-order valence-corrected chi connectivity index (χ2v) is 7.45. The third-order valence-electron chi connectivity index (χ3n) is 3.85. The van der Waals surface area contributed by atoms with Crippen LogP contribution in [0.4, 0.5) is 11.4 Å². The number of sulfonamides is 1. The second kappa shape index (κ2) is 7.37. The van der Waals surface area contributed by atoms with Gasteiger partial charge in [0.2, 0.25) is 0 Å². The average Bonchev–Trinajstić information content (AvgIpc) is 2.67. The Kier molecular flexibility index (Phi) is 4.99. The smallest absolute Gasteiger partial charge is 0.262 e. The van der Waals surface area contributed by atoms with Gasteiger partial charge in [0.15, 0.2) is 0 Å². The quantitative estimate of drug-likeness (QED) is 0.487. The first-order chi connectivity index (χ1) is 12.5. The highest BCUT2D eigenvalue weighted by Gasteiger charge is 2.25. The fourth-order valence-electron chi connectivity index (χ4n) is 2.53.